The average Bonchev–Trinajstić information content (AvgIpc) is 4.02. The quantitative estimate of drug-likeness (QED) is 0.0371. The minimum Gasteiger partial charge on any atom is -0.368 e. The zero-order valence-corrected chi connectivity index (χ0v) is 34.6. The van der Waals surface area contributed by atoms with Gasteiger partial charge in [0.25, 0.3) is 5.91 Å². The van der Waals surface area contributed by atoms with Crippen LogP contribution in [0.4, 0.5) is 4.79 Å². The minimum absolute atomic E-state index is 0.00527. The molecular formula is C42H57N13O6. The summed E-state index contributed by atoms with van der Waals surface area (Å²) in [5, 5.41) is 13.6. The molecule has 19 nitrogen and oxygen atoms in total. The van der Waals surface area contributed by atoms with Gasteiger partial charge in [-0.1, -0.05) is 43.3 Å². The summed E-state index contributed by atoms with van der Waals surface area (Å²) in [6.45, 7) is 5.40. The van der Waals surface area contributed by atoms with Crippen molar-refractivity contribution in [3.8, 4) is 0 Å². The van der Waals surface area contributed by atoms with Gasteiger partial charge >= 0.3 is 6.03 Å². The number of hydrogen-bond donors (Lipinski definition) is 11. The van der Waals surface area contributed by atoms with Crippen molar-refractivity contribution >= 4 is 57.4 Å². The van der Waals surface area contributed by atoms with Crippen LogP contribution in [0.3, 0.4) is 0 Å². The Labute approximate surface area is 353 Å². The van der Waals surface area contributed by atoms with Gasteiger partial charge in [-0.05, 0) is 69.3 Å². The third-order valence-corrected chi connectivity index (χ3v) is 10.6. The molecule has 0 spiro atoms. The molecule has 0 aliphatic heterocycles. The lowest BCUT2D eigenvalue weighted by atomic mass is 10.0. The van der Waals surface area contributed by atoms with Gasteiger partial charge in [0.1, 0.15) is 24.2 Å². The fourth-order valence-electron chi connectivity index (χ4n) is 6.88. The number of amides is 7. The van der Waals surface area contributed by atoms with E-state index in [0.717, 1.165) is 32.4 Å². The summed E-state index contributed by atoms with van der Waals surface area (Å²) in [7, 11) is 0. The predicted molar refractivity (Wildman–Crippen MR) is 230 cm³/mol. The number of nitrogens with one attached hydrogen (secondary N) is 8. The lowest BCUT2D eigenvalue weighted by Gasteiger charge is -2.32. The highest BCUT2D eigenvalue weighted by atomic mass is 16.2. The molecule has 0 saturated carbocycles. The SMILES string of the molecule is CC[C@H](C)N(NC(=O)C(Cc1c[nH]c2ccccc12)NC(=O)[C@@H](N)Cc1cnc[nH]1)C(=O)N[C@@H](Cc1c[nH]c2ccccc12)C(=O)N[C@H](C)C(=O)N[C@@H](CCCCN)C(N)=O. The number of fused-ring (bicyclic) bond motifs is 2. The van der Waals surface area contributed by atoms with E-state index in [1.54, 1.807) is 25.5 Å². The Kier molecular flexibility index (Phi) is 16.0. The van der Waals surface area contributed by atoms with Gasteiger partial charge in [0.15, 0.2) is 0 Å². The second kappa shape index (κ2) is 21.5. The Morgan fingerprint density at radius 2 is 1.31 bits per heavy atom. The van der Waals surface area contributed by atoms with Gasteiger partial charge in [-0.2, -0.15) is 0 Å². The first kappa shape index (κ1) is 45.4. The van der Waals surface area contributed by atoms with E-state index in [1.165, 1.54) is 13.3 Å². The molecule has 0 fully saturated rings. The molecule has 3 heterocycles. The van der Waals surface area contributed by atoms with E-state index in [1.807, 2.05) is 55.5 Å². The van der Waals surface area contributed by atoms with Gasteiger partial charge in [0.05, 0.1) is 18.4 Å². The molecule has 326 valence electrons. The number of aromatic amines is 3. The summed E-state index contributed by atoms with van der Waals surface area (Å²) in [6.07, 6.45) is 8.55. The highest BCUT2D eigenvalue weighted by Gasteiger charge is 2.33. The summed E-state index contributed by atoms with van der Waals surface area (Å²) in [5.74, 6) is -3.38. The van der Waals surface area contributed by atoms with Crippen LogP contribution < -0.4 is 43.9 Å². The number of carbonyl (C=O) groups excluding carboxylic acids is 6. The number of urea groups is 1. The number of rotatable bonds is 21. The average molecular weight is 840 g/mol. The van der Waals surface area contributed by atoms with Crippen LogP contribution in [0.15, 0.2) is 73.4 Å². The van der Waals surface area contributed by atoms with Gasteiger partial charge in [0.2, 0.25) is 23.6 Å². The second-order valence-corrected chi connectivity index (χ2v) is 15.2. The first-order valence-corrected chi connectivity index (χ1v) is 20.4. The monoisotopic (exact) mass is 839 g/mol. The van der Waals surface area contributed by atoms with Crippen LogP contribution in [0.25, 0.3) is 21.8 Å². The molecule has 6 atom stereocenters. The third-order valence-electron chi connectivity index (χ3n) is 10.6. The maximum Gasteiger partial charge on any atom is 0.337 e. The smallest absolute Gasteiger partial charge is 0.337 e. The Morgan fingerprint density at radius 1 is 0.721 bits per heavy atom. The molecule has 0 aliphatic carbocycles. The highest BCUT2D eigenvalue weighted by Crippen LogP contribution is 2.21. The van der Waals surface area contributed by atoms with E-state index >= 15 is 0 Å². The Hall–Kier alpha value is -6.73. The normalized spacial score (nSPS) is 14.2. The molecule has 3 aromatic heterocycles. The summed E-state index contributed by atoms with van der Waals surface area (Å²) in [4.78, 5) is 94.7. The first-order chi connectivity index (χ1) is 29.3. The number of H-pyrrole nitrogens is 3. The molecule has 1 unspecified atom stereocenters. The van der Waals surface area contributed by atoms with E-state index in [2.05, 4.69) is 46.6 Å². The van der Waals surface area contributed by atoms with Gasteiger partial charge < -0.3 is 53.4 Å². The van der Waals surface area contributed by atoms with Crippen LogP contribution in [0.2, 0.25) is 0 Å². The number of nitrogens with two attached hydrogens (primary N) is 3. The zero-order valence-electron chi connectivity index (χ0n) is 34.6. The number of nitrogens with zero attached hydrogens (tertiary/aromatic N) is 2. The van der Waals surface area contributed by atoms with Crippen LogP contribution in [-0.4, -0.2) is 103 Å². The first-order valence-electron chi connectivity index (χ1n) is 20.4. The molecule has 5 aromatic rings. The molecular weight excluding hydrogens is 783 g/mol. The zero-order chi connectivity index (χ0) is 44.1. The molecule has 5 rings (SSSR count). The van der Waals surface area contributed by atoms with E-state index in [9.17, 15) is 28.8 Å². The molecule has 0 radical (unpaired) electrons. The maximum absolute atomic E-state index is 14.3. The van der Waals surface area contributed by atoms with Crippen LogP contribution in [0, 0.1) is 0 Å². The molecule has 0 bridgehead atoms. The van der Waals surface area contributed by atoms with Crippen LogP contribution in [0.1, 0.15) is 63.3 Å². The molecule has 0 saturated heterocycles. The minimum atomic E-state index is -1.26. The van der Waals surface area contributed by atoms with E-state index in [4.69, 9.17) is 17.2 Å². The number of hydrazine groups is 1. The van der Waals surface area contributed by atoms with Crippen molar-refractivity contribution < 1.29 is 28.8 Å². The molecule has 14 N–H and O–H groups in total. The van der Waals surface area contributed by atoms with E-state index in [-0.39, 0.29) is 25.7 Å². The molecule has 0 aliphatic rings. The largest absolute Gasteiger partial charge is 0.368 e. The van der Waals surface area contributed by atoms with Gasteiger partial charge in [-0.15, -0.1) is 0 Å². The Balaban J connectivity index is 1.37. The standard InChI is InChI=1S/C42H57N13O6/c1-4-24(2)55(54-41(60)36(18-27-21-48-33-14-8-6-12-30(27)33)52-39(58)31(44)19-28-22-46-23-49-28)42(61)53-35(17-26-20-47-32-13-7-5-11-29(26)32)40(59)50-25(3)38(57)51-34(37(45)56)15-9-10-16-43/h5-8,11-14,20-25,31,34-36,47-48H,4,9-10,15-19,43-44H2,1-3H3,(H2,45,56)(H,46,49)(H,50,59)(H,51,57)(H,52,58)(H,53,61)(H,54,60)/t24-,25+,31-,34-,35-,36?/m0/s1. The number of carbonyl (C=O) groups is 6. The Bertz CT molecular complexity index is 2270. The summed E-state index contributed by atoms with van der Waals surface area (Å²) in [6, 6.07) is 7.97. The highest BCUT2D eigenvalue weighted by molar-refractivity contribution is 5.95. The lowest BCUT2D eigenvalue weighted by Crippen LogP contribution is -2.63. The lowest BCUT2D eigenvalue weighted by molar-refractivity contribution is -0.132. The fourth-order valence-corrected chi connectivity index (χ4v) is 6.88. The van der Waals surface area contributed by atoms with E-state index in [0.29, 0.717) is 37.1 Å². The van der Waals surface area contributed by atoms with E-state index < -0.39 is 71.8 Å². The molecule has 7 amide bonds. The third kappa shape index (κ3) is 12.2. The number of primary amides is 1. The summed E-state index contributed by atoms with van der Waals surface area (Å²) >= 11 is 0. The van der Waals surface area contributed by atoms with Gasteiger partial charge in [0, 0.05) is 65.4 Å². The van der Waals surface area contributed by atoms with Crippen molar-refractivity contribution in [1.29, 1.82) is 0 Å². The molecule has 61 heavy (non-hydrogen) atoms. The van der Waals surface area contributed by atoms with Gasteiger partial charge in [-0.3, -0.25) is 29.4 Å². The van der Waals surface area contributed by atoms with Crippen LogP contribution in [0.5, 0.6) is 0 Å². The second-order valence-electron chi connectivity index (χ2n) is 15.2. The van der Waals surface area contributed by atoms with Crippen molar-refractivity contribution in [2.24, 2.45) is 17.2 Å². The summed E-state index contributed by atoms with van der Waals surface area (Å²) in [5.41, 5.74) is 23.8. The van der Waals surface area contributed by atoms with Crippen molar-refractivity contribution in [2.75, 3.05) is 6.54 Å². The predicted octanol–water partition coefficient (Wildman–Crippen LogP) is 1.03. The van der Waals surface area contributed by atoms with Crippen LogP contribution >= 0.6 is 0 Å². The number of aromatic nitrogens is 4. The van der Waals surface area contributed by atoms with Crippen molar-refractivity contribution in [3.05, 3.63) is 90.3 Å². The molecule has 19 heteroatoms. The topological polar surface area (TPSA) is 304 Å². The maximum atomic E-state index is 14.3. The number of hydrogen-bond acceptors (Lipinski definition) is 9. The number of unbranched alkanes of at least 4 members (excludes halogenated alkanes) is 1. The number of benzene rings is 2. The number of imidazole rings is 1. The van der Waals surface area contributed by atoms with Crippen LogP contribution in [-0.2, 0) is 43.2 Å². The summed E-state index contributed by atoms with van der Waals surface area (Å²) < 4.78 is 0. The van der Waals surface area contributed by atoms with Crippen molar-refractivity contribution in [1.82, 2.24) is 51.6 Å². The van der Waals surface area contributed by atoms with Gasteiger partial charge in [-0.25, -0.2) is 14.8 Å². The Morgan fingerprint density at radius 3 is 1.87 bits per heavy atom. The fraction of sp³-hybridized carbons (Fsp3) is 0.405. The molecule has 2 aromatic carbocycles. The number of para-hydroxylation sites is 2. The van der Waals surface area contributed by atoms with Crippen molar-refractivity contribution in [2.45, 2.75) is 102 Å². The van der Waals surface area contributed by atoms with Crippen molar-refractivity contribution in [3.63, 3.8) is 0 Å².